The number of rotatable bonds is 6. The van der Waals surface area contributed by atoms with E-state index in [1.54, 1.807) is 23.5 Å². The van der Waals surface area contributed by atoms with E-state index < -0.39 is 5.97 Å². The van der Waals surface area contributed by atoms with Crippen molar-refractivity contribution >= 4 is 28.2 Å². The van der Waals surface area contributed by atoms with Crippen molar-refractivity contribution in [3.05, 3.63) is 51.9 Å². The number of fused-ring (bicyclic) bond motifs is 2. The number of pyridine rings is 1. The van der Waals surface area contributed by atoms with Gasteiger partial charge in [0.1, 0.15) is 17.1 Å². The quantitative estimate of drug-likeness (QED) is 0.279. The van der Waals surface area contributed by atoms with Crippen LogP contribution >= 0.6 is 0 Å². The van der Waals surface area contributed by atoms with Crippen molar-refractivity contribution in [1.29, 1.82) is 0 Å². The molecular formula is C23H29N4O4+. The van der Waals surface area contributed by atoms with E-state index >= 15 is 0 Å². The number of nitrogen functional groups attached to an aromatic ring is 1. The number of anilines is 1. The Labute approximate surface area is 180 Å². The summed E-state index contributed by atoms with van der Waals surface area (Å²) in [5.74, 6) is -0.519. The van der Waals surface area contributed by atoms with E-state index in [-0.39, 0.29) is 17.7 Å². The minimum Gasteiger partial charge on any atom is -0.462 e. The molecule has 1 aliphatic heterocycles. The summed E-state index contributed by atoms with van der Waals surface area (Å²) in [6, 6.07) is 7.24. The first-order valence-electron chi connectivity index (χ1n) is 10.7. The van der Waals surface area contributed by atoms with Gasteiger partial charge in [-0.25, -0.2) is 14.2 Å². The van der Waals surface area contributed by atoms with Crippen molar-refractivity contribution in [3.63, 3.8) is 0 Å². The zero-order chi connectivity index (χ0) is 22.0. The Morgan fingerprint density at radius 1 is 1.26 bits per heavy atom. The Balaban J connectivity index is 1.81. The van der Waals surface area contributed by atoms with Gasteiger partial charge in [-0.3, -0.25) is 4.90 Å². The SMILES string of the molecule is CCOC(=O)c1cc2c(=O)n3cc(C)ccc3[n+](CCCN3CCOCC3)c2cc1N. The second-order valence-corrected chi connectivity index (χ2v) is 7.88. The van der Waals surface area contributed by atoms with Crippen molar-refractivity contribution < 1.29 is 18.8 Å². The van der Waals surface area contributed by atoms with Crippen molar-refractivity contribution in [2.24, 2.45) is 0 Å². The summed E-state index contributed by atoms with van der Waals surface area (Å²) >= 11 is 0. The summed E-state index contributed by atoms with van der Waals surface area (Å²) in [5.41, 5.74) is 9.06. The maximum atomic E-state index is 13.3. The first kappa shape index (κ1) is 21.3. The fourth-order valence-electron chi connectivity index (χ4n) is 4.13. The number of esters is 1. The Bertz CT molecular complexity index is 1180. The van der Waals surface area contributed by atoms with Crippen LogP contribution in [0.15, 0.2) is 35.3 Å². The molecule has 0 amide bonds. The number of aromatic nitrogens is 2. The van der Waals surface area contributed by atoms with E-state index in [9.17, 15) is 9.59 Å². The van der Waals surface area contributed by atoms with Gasteiger partial charge in [0, 0.05) is 31.8 Å². The van der Waals surface area contributed by atoms with Gasteiger partial charge in [0.25, 0.3) is 5.65 Å². The highest BCUT2D eigenvalue weighted by atomic mass is 16.5. The van der Waals surface area contributed by atoms with Crippen LogP contribution in [0, 0.1) is 6.92 Å². The predicted molar refractivity (Wildman–Crippen MR) is 118 cm³/mol. The van der Waals surface area contributed by atoms with Crippen LogP contribution in [0.1, 0.15) is 29.3 Å². The van der Waals surface area contributed by atoms with Gasteiger partial charge < -0.3 is 15.2 Å². The molecule has 1 aliphatic rings. The van der Waals surface area contributed by atoms with Crippen LogP contribution in [0.4, 0.5) is 5.69 Å². The van der Waals surface area contributed by atoms with Crippen LogP contribution in [0.2, 0.25) is 0 Å². The molecule has 0 bridgehead atoms. The van der Waals surface area contributed by atoms with Crippen molar-refractivity contribution in [2.45, 2.75) is 26.8 Å². The maximum Gasteiger partial charge on any atom is 0.350 e. The Morgan fingerprint density at radius 3 is 2.77 bits per heavy atom. The molecule has 0 radical (unpaired) electrons. The zero-order valence-electron chi connectivity index (χ0n) is 18.1. The third-order valence-corrected chi connectivity index (χ3v) is 5.71. The van der Waals surface area contributed by atoms with Crippen LogP contribution < -0.4 is 15.9 Å². The average Bonchev–Trinajstić information content (AvgIpc) is 2.77. The molecule has 3 aromatic rings. The summed E-state index contributed by atoms with van der Waals surface area (Å²) in [5, 5.41) is 0.451. The lowest BCUT2D eigenvalue weighted by molar-refractivity contribution is -0.649. The summed E-state index contributed by atoms with van der Waals surface area (Å²) in [6.07, 6.45) is 2.75. The molecule has 0 unspecified atom stereocenters. The lowest BCUT2D eigenvalue weighted by Gasteiger charge is -2.26. The lowest BCUT2D eigenvalue weighted by Crippen LogP contribution is -2.43. The van der Waals surface area contributed by atoms with Crippen LogP contribution in [0.25, 0.3) is 16.6 Å². The molecule has 1 fully saturated rings. The second-order valence-electron chi connectivity index (χ2n) is 7.88. The fraction of sp³-hybridized carbons (Fsp3) is 0.435. The highest BCUT2D eigenvalue weighted by Crippen LogP contribution is 2.20. The number of ether oxygens (including phenoxy) is 2. The molecule has 0 saturated carbocycles. The number of benzene rings is 1. The third kappa shape index (κ3) is 4.26. The molecule has 8 heteroatoms. The van der Waals surface area contributed by atoms with E-state index in [0.717, 1.165) is 62.5 Å². The highest BCUT2D eigenvalue weighted by molar-refractivity contribution is 5.99. The Morgan fingerprint density at radius 2 is 2.03 bits per heavy atom. The predicted octanol–water partition coefficient (Wildman–Crippen LogP) is 1.53. The number of carbonyl (C=O) groups excluding carboxylic acids is 1. The molecule has 2 N–H and O–H groups in total. The summed E-state index contributed by atoms with van der Waals surface area (Å²) in [4.78, 5) is 28.0. The average molecular weight is 426 g/mol. The minimum absolute atomic E-state index is 0.177. The van der Waals surface area contributed by atoms with Gasteiger partial charge in [-0.2, -0.15) is 4.40 Å². The van der Waals surface area contributed by atoms with Gasteiger partial charge in [0.05, 0.1) is 37.6 Å². The van der Waals surface area contributed by atoms with Crippen molar-refractivity contribution in [3.8, 4) is 0 Å². The van der Waals surface area contributed by atoms with Crippen LogP contribution in [0.3, 0.4) is 0 Å². The Hall–Kier alpha value is -2.97. The van der Waals surface area contributed by atoms with Crippen LogP contribution in [0.5, 0.6) is 0 Å². The van der Waals surface area contributed by atoms with Gasteiger partial charge in [0.15, 0.2) is 0 Å². The molecule has 164 valence electrons. The number of nitrogens with two attached hydrogens (primary N) is 1. The van der Waals surface area contributed by atoms with E-state index in [1.807, 2.05) is 25.3 Å². The number of morpholine rings is 1. The smallest absolute Gasteiger partial charge is 0.350 e. The fourth-order valence-corrected chi connectivity index (χ4v) is 4.13. The maximum absolute atomic E-state index is 13.3. The van der Waals surface area contributed by atoms with Crippen LogP contribution in [-0.4, -0.2) is 54.7 Å². The van der Waals surface area contributed by atoms with E-state index in [2.05, 4.69) is 9.47 Å². The summed E-state index contributed by atoms with van der Waals surface area (Å²) in [6.45, 7) is 9.02. The van der Waals surface area contributed by atoms with Crippen molar-refractivity contribution in [1.82, 2.24) is 9.30 Å². The molecule has 0 aliphatic carbocycles. The van der Waals surface area contributed by atoms with Gasteiger partial charge in [-0.05, 0) is 38.0 Å². The second kappa shape index (κ2) is 9.03. The van der Waals surface area contributed by atoms with Crippen molar-refractivity contribution in [2.75, 3.05) is 45.2 Å². The zero-order valence-corrected chi connectivity index (χ0v) is 18.1. The number of hydrogen-bond acceptors (Lipinski definition) is 6. The third-order valence-electron chi connectivity index (χ3n) is 5.71. The first-order valence-corrected chi connectivity index (χ1v) is 10.7. The number of nitrogens with zero attached hydrogens (tertiary/aromatic N) is 3. The molecule has 0 atom stereocenters. The van der Waals surface area contributed by atoms with Crippen LogP contribution in [-0.2, 0) is 16.0 Å². The highest BCUT2D eigenvalue weighted by Gasteiger charge is 2.22. The molecule has 3 heterocycles. The monoisotopic (exact) mass is 425 g/mol. The molecule has 1 saturated heterocycles. The van der Waals surface area contributed by atoms with E-state index in [1.165, 1.54) is 0 Å². The first-order chi connectivity index (χ1) is 15.0. The minimum atomic E-state index is -0.519. The molecule has 31 heavy (non-hydrogen) atoms. The molecule has 4 rings (SSSR count). The van der Waals surface area contributed by atoms with Gasteiger partial charge >= 0.3 is 11.5 Å². The van der Waals surface area contributed by atoms with E-state index in [4.69, 9.17) is 15.2 Å². The van der Waals surface area contributed by atoms with Gasteiger partial charge in [0.2, 0.25) is 0 Å². The molecule has 1 aromatic carbocycles. The van der Waals surface area contributed by atoms with E-state index in [0.29, 0.717) is 11.1 Å². The number of carbonyl (C=O) groups is 1. The number of aryl methyl sites for hydroxylation is 2. The summed E-state index contributed by atoms with van der Waals surface area (Å²) < 4.78 is 14.3. The van der Waals surface area contributed by atoms with Gasteiger partial charge in [-0.1, -0.05) is 0 Å². The van der Waals surface area contributed by atoms with Gasteiger partial charge in [-0.15, -0.1) is 0 Å². The Kier molecular flexibility index (Phi) is 6.20. The molecule has 8 nitrogen and oxygen atoms in total. The topological polar surface area (TPSA) is 90.2 Å². The summed E-state index contributed by atoms with van der Waals surface area (Å²) in [7, 11) is 0. The standard InChI is InChI=1S/C23H28N4O4/c1-3-31-23(29)17-13-18-20(14-19(17)24)26(8-4-7-25-9-11-30-12-10-25)21-6-5-16(2)15-27(21)22(18)28/h5-6,13-15H,3-4,7-12H2,1-2H3,(H-,24,28,29)/p+1. The normalized spacial score (nSPS) is 14.9. The largest absolute Gasteiger partial charge is 0.462 e. The molecular weight excluding hydrogens is 396 g/mol. The lowest BCUT2D eigenvalue weighted by atomic mass is 10.1. The molecule has 2 aromatic heterocycles. The molecule has 0 spiro atoms. The number of hydrogen-bond donors (Lipinski definition) is 1.